The fraction of sp³-hybridized carbons (Fsp3) is 0.133. The van der Waals surface area contributed by atoms with Gasteiger partial charge in [-0.25, -0.2) is 4.98 Å². The lowest BCUT2D eigenvalue weighted by Gasteiger charge is -2.05. The number of hydrogen-bond acceptors (Lipinski definition) is 3. The Morgan fingerprint density at radius 3 is 2.89 bits per heavy atom. The molecule has 0 spiro atoms. The van der Waals surface area contributed by atoms with Crippen molar-refractivity contribution in [2.24, 2.45) is 0 Å². The lowest BCUT2D eigenvalue weighted by atomic mass is 10.1. The van der Waals surface area contributed by atoms with Crippen LogP contribution in [0, 0.1) is 6.92 Å². The zero-order valence-electron chi connectivity index (χ0n) is 10.8. The van der Waals surface area contributed by atoms with Gasteiger partial charge in [0.15, 0.2) is 0 Å². The van der Waals surface area contributed by atoms with E-state index in [-0.39, 0.29) is 0 Å². The van der Waals surface area contributed by atoms with E-state index < -0.39 is 0 Å². The third-order valence-corrected chi connectivity index (χ3v) is 3.21. The Morgan fingerprint density at radius 2 is 2.05 bits per heavy atom. The van der Waals surface area contributed by atoms with Crippen LogP contribution in [0.4, 0.5) is 11.6 Å². The van der Waals surface area contributed by atoms with Gasteiger partial charge in [0, 0.05) is 12.2 Å². The molecule has 0 saturated heterocycles. The topological polar surface area (TPSA) is 66.7 Å². The number of aryl methyl sites for hydroxylation is 1. The summed E-state index contributed by atoms with van der Waals surface area (Å²) in [5, 5.41) is 3.30. The number of nitrogen functional groups attached to an aromatic ring is 1. The molecule has 0 radical (unpaired) electrons. The zero-order valence-corrected chi connectivity index (χ0v) is 10.8. The van der Waals surface area contributed by atoms with Crippen LogP contribution in [0.15, 0.2) is 42.5 Å². The monoisotopic (exact) mass is 252 g/mol. The average Bonchev–Trinajstić information content (AvgIpc) is 2.79. The number of nitrogens with two attached hydrogens (primary N) is 1. The van der Waals surface area contributed by atoms with Crippen LogP contribution in [0.25, 0.3) is 11.0 Å². The second-order valence-corrected chi connectivity index (χ2v) is 4.64. The van der Waals surface area contributed by atoms with E-state index in [1.54, 1.807) is 0 Å². The Hall–Kier alpha value is -2.49. The lowest BCUT2D eigenvalue weighted by molar-refractivity contribution is 1.08. The van der Waals surface area contributed by atoms with Crippen LogP contribution in [0.2, 0.25) is 0 Å². The van der Waals surface area contributed by atoms with Crippen molar-refractivity contribution in [3.8, 4) is 0 Å². The van der Waals surface area contributed by atoms with Gasteiger partial charge in [0.1, 0.15) is 0 Å². The van der Waals surface area contributed by atoms with Gasteiger partial charge in [0.25, 0.3) is 0 Å². The number of aromatic amines is 1. The van der Waals surface area contributed by atoms with Gasteiger partial charge in [-0.15, -0.1) is 0 Å². The van der Waals surface area contributed by atoms with Crippen molar-refractivity contribution in [2.75, 3.05) is 11.1 Å². The van der Waals surface area contributed by atoms with E-state index in [4.69, 9.17) is 5.73 Å². The van der Waals surface area contributed by atoms with Crippen molar-refractivity contribution in [2.45, 2.75) is 13.5 Å². The molecule has 4 heteroatoms. The molecular weight excluding hydrogens is 236 g/mol. The number of rotatable bonds is 3. The molecule has 2 aromatic carbocycles. The van der Waals surface area contributed by atoms with Gasteiger partial charge in [-0.3, -0.25) is 0 Å². The molecule has 4 N–H and O–H groups in total. The van der Waals surface area contributed by atoms with Gasteiger partial charge in [0.05, 0.1) is 11.0 Å². The van der Waals surface area contributed by atoms with Gasteiger partial charge >= 0.3 is 0 Å². The molecule has 1 aromatic heterocycles. The van der Waals surface area contributed by atoms with E-state index in [9.17, 15) is 0 Å². The summed E-state index contributed by atoms with van der Waals surface area (Å²) in [7, 11) is 0. The molecule has 0 bridgehead atoms. The van der Waals surface area contributed by atoms with E-state index in [0.717, 1.165) is 29.2 Å². The van der Waals surface area contributed by atoms with Crippen molar-refractivity contribution in [1.29, 1.82) is 0 Å². The highest BCUT2D eigenvalue weighted by Gasteiger charge is 2.03. The van der Waals surface area contributed by atoms with Gasteiger partial charge < -0.3 is 16.0 Å². The first-order valence-electron chi connectivity index (χ1n) is 6.26. The summed E-state index contributed by atoms with van der Waals surface area (Å²) in [4.78, 5) is 7.70. The highest BCUT2D eigenvalue weighted by atomic mass is 15.1. The number of imidazole rings is 1. The standard InChI is InChI=1S/C15H16N4/c1-10-4-2-3-5-11(10)9-17-15-18-13-7-6-12(16)8-14(13)19-15/h2-8H,9,16H2,1H3,(H2,17,18,19). The first-order valence-corrected chi connectivity index (χ1v) is 6.26. The predicted octanol–water partition coefficient (Wildman–Crippen LogP) is 3.07. The SMILES string of the molecule is Cc1ccccc1CNc1nc2ccc(N)cc2[nH]1. The Balaban J connectivity index is 1.80. The number of fused-ring (bicyclic) bond motifs is 1. The molecule has 0 amide bonds. The molecule has 0 saturated carbocycles. The lowest BCUT2D eigenvalue weighted by Crippen LogP contribution is -2.02. The second kappa shape index (κ2) is 4.65. The fourth-order valence-corrected chi connectivity index (χ4v) is 2.10. The Morgan fingerprint density at radius 1 is 1.21 bits per heavy atom. The summed E-state index contributed by atoms with van der Waals surface area (Å²) in [6.07, 6.45) is 0. The van der Waals surface area contributed by atoms with Crippen molar-refractivity contribution in [3.63, 3.8) is 0 Å². The smallest absolute Gasteiger partial charge is 0.201 e. The van der Waals surface area contributed by atoms with E-state index in [0.29, 0.717) is 0 Å². The van der Waals surface area contributed by atoms with E-state index in [1.165, 1.54) is 11.1 Å². The number of aromatic nitrogens is 2. The van der Waals surface area contributed by atoms with Crippen molar-refractivity contribution < 1.29 is 0 Å². The number of nitrogens with one attached hydrogen (secondary N) is 2. The predicted molar refractivity (Wildman–Crippen MR) is 79.0 cm³/mol. The summed E-state index contributed by atoms with van der Waals surface area (Å²) in [5.41, 5.74) is 10.9. The normalized spacial score (nSPS) is 10.8. The van der Waals surface area contributed by atoms with Gasteiger partial charge in [-0.05, 0) is 36.2 Å². The quantitative estimate of drug-likeness (QED) is 0.627. The second-order valence-electron chi connectivity index (χ2n) is 4.64. The Bertz CT molecular complexity index is 715. The van der Waals surface area contributed by atoms with Crippen molar-refractivity contribution >= 4 is 22.7 Å². The molecule has 0 atom stereocenters. The van der Waals surface area contributed by atoms with Crippen LogP contribution in [0.3, 0.4) is 0 Å². The van der Waals surface area contributed by atoms with E-state index in [2.05, 4.69) is 34.3 Å². The molecule has 19 heavy (non-hydrogen) atoms. The summed E-state index contributed by atoms with van der Waals surface area (Å²) >= 11 is 0. The first kappa shape index (κ1) is 11.6. The van der Waals surface area contributed by atoms with Crippen LogP contribution >= 0.6 is 0 Å². The van der Waals surface area contributed by atoms with Crippen LogP contribution in [0.1, 0.15) is 11.1 Å². The minimum absolute atomic E-state index is 0.738. The molecule has 0 aliphatic rings. The summed E-state index contributed by atoms with van der Waals surface area (Å²) in [6.45, 7) is 2.86. The maximum Gasteiger partial charge on any atom is 0.201 e. The number of hydrogen-bond donors (Lipinski definition) is 3. The number of H-pyrrole nitrogens is 1. The van der Waals surface area contributed by atoms with Gasteiger partial charge in [-0.1, -0.05) is 24.3 Å². The van der Waals surface area contributed by atoms with Crippen LogP contribution in [-0.2, 0) is 6.54 Å². The molecule has 3 aromatic rings. The summed E-state index contributed by atoms with van der Waals surface area (Å²) in [5.74, 6) is 0.767. The minimum Gasteiger partial charge on any atom is -0.399 e. The molecular formula is C15H16N4. The fourth-order valence-electron chi connectivity index (χ4n) is 2.10. The highest BCUT2D eigenvalue weighted by Crippen LogP contribution is 2.18. The maximum atomic E-state index is 5.75. The number of nitrogens with zero attached hydrogens (tertiary/aromatic N) is 1. The third-order valence-electron chi connectivity index (χ3n) is 3.21. The van der Waals surface area contributed by atoms with Crippen molar-refractivity contribution in [1.82, 2.24) is 9.97 Å². The number of benzene rings is 2. The largest absolute Gasteiger partial charge is 0.399 e. The number of anilines is 2. The molecule has 0 fully saturated rings. The third kappa shape index (κ3) is 2.38. The molecule has 1 heterocycles. The first-order chi connectivity index (χ1) is 9.22. The van der Waals surface area contributed by atoms with Crippen LogP contribution in [0.5, 0.6) is 0 Å². The highest BCUT2D eigenvalue weighted by molar-refractivity contribution is 5.80. The van der Waals surface area contributed by atoms with E-state index >= 15 is 0 Å². The molecule has 3 rings (SSSR count). The molecule has 0 aliphatic heterocycles. The van der Waals surface area contributed by atoms with Crippen LogP contribution in [-0.4, -0.2) is 9.97 Å². The maximum absolute atomic E-state index is 5.75. The zero-order chi connectivity index (χ0) is 13.2. The molecule has 4 nitrogen and oxygen atoms in total. The Labute approximate surface area is 111 Å². The molecule has 96 valence electrons. The van der Waals surface area contributed by atoms with Crippen molar-refractivity contribution in [3.05, 3.63) is 53.6 Å². The van der Waals surface area contributed by atoms with Gasteiger partial charge in [0.2, 0.25) is 5.95 Å². The average molecular weight is 252 g/mol. The Kier molecular flexibility index (Phi) is 2.83. The molecule has 0 aliphatic carbocycles. The summed E-state index contributed by atoms with van der Waals surface area (Å²) < 4.78 is 0. The molecule has 0 unspecified atom stereocenters. The minimum atomic E-state index is 0.738. The van der Waals surface area contributed by atoms with Gasteiger partial charge in [-0.2, -0.15) is 0 Å². The summed E-state index contributed by atoms with van der Waals surface area (Å²) in [6, 6.07) is 14.0. The van der Waals surface area contributed by atoms with Crippen LogP contribution < -0.4 is 11.1 Å². The van der Waals surface area contributed by atoms with E-state index in [1.807, 2.05) is 30.3 Å².